The lowest BCUT2D eigenvalue weighted by Crippen LogP contribution is -2.60. The van der Waals surface area contributed by atoms with Crippen LogP contribution in [0.15, 0.2) is 80.4 Å². The first-order valence-corrected chi connectivity index (χ1v) is 27.9. The number of urea groups is 1. The Balaban J connectivity index is 0.000000210. The number of imide groups is 1. The minimum Gasteiger partial charge on any atom is -0.497 e. The Hall–Kier alpha value is -6.97. The quantitative estimate of drug-likeness (QED) is 0.0275. The molecule has 20 nitrogen and oxygen atoms in total. The average Bonchev–Trinajstić information content (AvgIpc) is 4.31. The monoisotopic (exact) mass is 1270 g/mol. The number of rotatable bonds is 14. The number of amides is 7. The van der Waals surface area contributed by atoms with E-state index in [1.54, 1.807) is 53.0 Å². The molecular formula is C54H60Br2N8O12S3. The van der Waals surface area contributed by atoms with Crippen molar-refractivity contribution in [1.82, 2.24) is 41.7 Å². The van der Waals surface area contributed by atoms with Crippen LogP contribution < -0.4 is 41.4 Å². The predicted molar refractivity (Wildman–Crippen MR) is 308 cm³/mol. The lowest BCUT2D eigenvalue weighted by Gasteiger charge is -2.30. The normalized spacial score (nSPS) is 15.5. The molecule has 2 aromatic carbocycles. The SMILES string of the molecule is C#C[C@](CN1Cc2ccc(OC)cc2C1=O)(NC(=O)OC)C(=O)OC.CC(C)(C)OC(=O)NCc1ccc(Br)s1.CNCc1ccc(Br)s1.CNCc1ccc(C#C[C@]2(CN3Cc4ccc(OC)cc4C3=O)NC(=O)NC2=O)s1. The van der Waals surface area contributed by atoms with E-state index < -0.39 is 40.7 Å². The van der Waals surface area contributed by atoms with E-state index in [0.29, 0.717) is 35.7 Å². The number of nitrogens with one attached hydrogen (secondary N) is 6. The number of hydrogen-bond donors (Lipinski definition) is 6. The second-order valence-electron chi connectivity index (χ2n) is 18.2. The number of thiophene rings is 3. The summed E-state index contributed by atoms with van der Waals surface area (Å²) in [6.07, 6.45) is 4.19. The summed E-state index contributed by atoms with van der Waals surface area (Å²) in [6, 6.07) is 21.7. The van der Waals surface area contributed by atoms with Crippen LogP contribution in [0.4, 0.5) is 14.4 Å². The van der Waals surface area contributed by atoms with Gasteiger partial charge in [0.15, 0.2) is 0 Å². The van der Waals surface area contributed by atoms with E-state index in [2.05, 4.69) is 98.4 Å². The van der Waals surface area contributed by atoms with Gasteiger partial charge in [0.1, 0.15) is 17.1 Å². The molecule has 0 aliphatic carbocycles. The number of halogens is 2. The molecule has 25 heteroatoms. The maximum atomic E-state index is 12.9. The zero-order valence-electron chi connectivity index (χ0n) is 44.7. The molecule has 0 saturated carbocycles. The molecule has 0 bridgehead atoms. The highest BCUT2D eigenvalue weighted by Gasteiger charge is 2.49. The summed E-state index contributed by atoms with van der Waals surface area (Å²) in [6.45, 7) is 7.97. The third kappa shape index (κ3) is 17.5. The van der Waals surface area contributed by atoms with Crippen LogP contribution in [-0.2, 0) is 56.5 Å². The molecule has 3 aliphatic rings. The van der Waals surface area contributed by atoms with Gasteiger partial charge in [-0.3, -0.25) is 25.0 Å². The number of benzene rings is 2. The molecule has 1 saturated heterocycles. The molecule has 420 valence electrons. The summed E-state index contributed by atoms with van der Waals surface area (Å²) < 4.78 is 26.9. The van der Waals surface area contributed by atoms with Crippen molar-refractivity contribution in [3.05, 3.63) is 122 Å². The van der Waals surface area contributed by atoms with Gasteiger partial charge in [0.25, 0.3) is 17.7 Å². The molecule has 3 aromatic heterocycles. The highest BCUT2D eigenvalue weighted by Crippen LogP contribution is 2.31. The van der Waals surface area contributed by atoms with E-state index in [1.165, 1.54) is 44.0 Å². The molecule has 6 N–H and O–H groups in total. The van der Waals surface area contributed by atoms with E-state index >= 15 is 0 Å². The third-order valence-electron chi connectivity index (χ3n) is 11.3. The van der Waals surface area contributed by atoms with Crippen LogP contribution in [0.25, 0.3) is 0 Å². The highest BCUT2D eigenvalue weighted by atomic mass is 79.9. The van der Waals surface area contributed by atoms with Gasteiger partial charge in [-0.2, -0.15) is 0 Å². The lowest BCUT2D eigenvalue weighted by atomic mass is 9.99. The van der Waals surface area contributed by atoms with Crippen LogP contribution in [0.2, 0.25) is 0 Å². The smallest absolute Gasteiger partial charge is 0.408 e. The van der Waals surface area contributed by atoms with Gasteiger partial charge in [-0.25, -0.2) is 19.2 Å². The molecule has 0 radical (unpaired) electrons. The Labute approximate surface area is 487 Å². The zero-order valence-corrected chi connectivity index (χ0v) is 50.4. The van der Waals surface area contributed by atoms with Crippen molar-refractivity contribution >= 4 is 108 Å². The highest BCUT2D eigenvalue weighted by molar-refractivity contribution is 9.11. The summed E-state index contributed by atoms with van der Waals surface area (Å²) in [5.74, 6) is 7.27. The van der Waals surface area contributed by atoms with E-state index in [0.717, 1.165) is 56.9 Å². The summed E-state index contributed by atoms with van der Waals surface area (Å²) in [5.41, 5.74) is -1.23. The first kappa shape index (κ1) is 62.9. The lowest BCUT2D eigenvalue weighted by molar-refractivity contribution is -0.146. The van der Waals surface area contributed by atoms with Crippen molar-refractivity contribution in [2.75, 3.05) is 55.6 Å². The second kappa shape index (κ2) is 28.8. The Morgan fingerprint density at radius 2 is 1.25 bits per heavy atom. The number of hydrogen-bond acceptors (Lipinski definition) is 17. The van der Waals surface area contributed by atoms with Gasteiger partial charge in [0.05, 0.1) is 60.5 Å². The van der Waals surface area contributed by atoms with Gasteiger partial charge in [-0.15, -0.1) is 40.4 Å². The van der Waals surface area contributed by atoms with Gasteiger partial charge in [-0.05, 0) is 139 Å². The summed E-state index contributed by atoms with van der Waals surface area (Å²) >= 11 is 11.6. The van der Waals surface area contributed by atoms with Gasteiger partial charge in [0, 0.05) is 51.9 Å². The fourth-order valence-corrected chi connectivity index (χ4v) is 11.4. The number of esters is 1. The van der Waals surface area contributed by atoms with Crippen LogP contribution >= 0.6 is 65.9 Å². The Morgan fingerprint density at radius 3 is 1.72 bits per heavy atom. The van der Waals surface area contributed by atoms with Crippen molar-refractivity contribution < 1.29 is 57.2 Å². The van der Waals surface area contributed by atoms with Crippen LogP contribution in [0.1, 0.15) is 72.1 Å². The van der Waals surface area contributed by atoms with Crippen molar-refractivity contribution in [3.8, 4) is 35.7 Å². The van der Waals surface area contributed by atoms with Crippen LogP contribution in [0, 0.1) is 24.2 Å². The number of methoxy groups -OCH3 is 4. The zero-order chi connectivity index (χ0) is 58.1. The molecule has 1 fully saturated rings. The fraction of sp³-hybridized carbons (Fsp3) is 0.352. The maximum absolute atomic E-state index is 12.9. The number of carbonyl (C=O) groups is 7. The summed E-state index contributed by atoms with van der Waals surface area (Å²) in [5, 5.41) is 16.0. The van der Waals surface area contributed by atoms with Gasteiger partial charge in [0.2, 0.25) is 11.1 Å². The molecule has 8 rings (SSSR count). The largest absolute Gasteiger partial charge is 0.497 e. The molecule has 2 atom stereocenters. The van der Waals surface area contributed by atoms with Gasteiger partial charge >= 0.3 is 24.2 Å². The predicted octanol–water partition coefficient (Wildman–Crippen LogP) is 7.38. The Kier molecular flexibility index (Phi) is 22.9. The minimum absolute atomic E-state index is 0.0534. The number of fused-ring (bicyclic) bond motifs is 2. The van der Waals surface area contributed by atoms with Crippen LogP contribution in [0.3, 0.4) is 0 Å². The number of ether oxygens (including phenoxy) is 5. The minimum atomic E-state index is -1.86. The molecular weight excluding hydrogens is 1210 g/mol. The fourth-order valence-electron chi connectivity index (χ4n) is 7.61. The van der Waals surface area contributed by atoms with Gasteiger partial charge in [-0.1, -0.05) is 29.9 Å². The van der Waals surface area contributed by atoms with Crippen LogP contribution in [0.5, 0.6) is 11.5 Å². The summed E-state index contributed by atoms with van der Waals surface area (Å²) in [4.78, 5) is 92.4. The molecule has 6 heterocycles. The standard InChI is InChI=1S/C21H20N4O4S.C17H18N2O6.C10H14BrNO2S.C6H8BrNS/c1-22-10-16-6-5-15(30-16)7-8-21(19(27)23-20(28)24-21)12-25-11-13-3-4-14(29-2)9-17(13)18(25)26;1-5-17(15(21)24-3,18-16(22)25-4)10-19-9-11-6-7-12(23-2)8-13(11)14(19)20;1-10(2,3)14-9(13)12-6-7-4-5-8(11)15-7;1-8-4-5-2-3-6(7)9-5/h3-6,9,22H,10-12H2,1-2H3,(H2,23,24,27,28);1,6-8H,9-10H2,2-4H3,(H,18,22);4-5H,6H2,1-3H3,(H,12,13);2-3,8H,4H2,1H3/t21-;17-;;/m11../s1. The number of carbonyl (C=O) groups excluding carboxylic acids is 7. The molecule has 0 unspecified atom stereocenters. The number of terminal acetylenes is 1. The van der Waals surface area contributed by atoms with E-state index in [1.807, 2.05) is 65.2 Å². The molecule has 79 heavy (non-hydrogen) atoms. The Morgan fingerprint density at radius 1 is 0.722 bits per heavy atom. The average molecular weight is 1270 g/mol. The van der Waals surface area contributed by atoms with E-state index in [4.69, 9.17) is 25.4 Å². The van der Waals surface area contributed by atoms with Crippen molar-refractivity contribution in [1.29, 1.82) is 0 Å². The molecule has 3 aliphatic heterocycles. The number of alkyl carbamates (subject to hydrolysis) is 2. The van der Waals surface area contributed by atoms with Crippen LogP contribution in [-0.4, -0.2) is 124 Å². The Bertz CT molecular complexity index is 3140. The summed E-state index contributed by atoms with van der Waals surface area (Å²) in [7, 11) is 9.12. The molecule has 0 spiro atoms. The topological polar surface area (TPSA) is 244 Å². The molecule has 5 aromatic rings. The van der Waals surface area contributed by atoms with E-state index in [9.17, 15) is 33.6 Å². The molecule has 7 amide bonds. The van der Waals surface area contributed by atoms with Gasteiger partial charge < -0.3 is 54.8 Å². The first-order valence-electron chi connectivity index (χ1n) is 23.9. The van der Waals surface area contributed by atoms with E-state index in [-0.39, 0.29) is 37.5 Å². The number of nitrogens with zero attached hydrogens (tertiary/aromatic N) is 2. The van der Waals surface area contributed by atoms with Crippen molar-refractivity contribution in [2.45, 2.75) is 70.2 Å². The second-order valence-corrected chi connectivity index (χ2v) is 24.4. The first-order chi connectivity index (χ1) is 37.5. The van der Waals surface area contributed by atoms with Crippen molar-refractivity contribution in [3.63, 3.8) is 0 Å². The van der Waals surface area contributed by atoms with Crippen molar-refractivity contribution in [2.24, 2.45) is 0 Å². The maximum Gasteiger partial charge on any atom is 0.408 e. The third-order valence-corrected chi connectivity index (χ3v) is 15.5.